The van der Waals surface area contributed by atoms with E-state index in [1.54, 1.807) is 13.2 Å². The van der Waals surface area contributed by atoms with Crippen LogP contribution in [0.2, 0.25) is 0 Å². The fraction of sp³-hybridized carbons (Fsp3) is 0.409. The van der Waals surface area contributed by atoms with E-state index in [0.717, 1.165) is 16.7 Å². The van der Waals surface area contributed by atoms with Crippen molar-refractivity contribution >= 4 is 21.6 Å². The molecule has 2 aromatic rings. The lowest BCUT2D eigenvalue weighted by molar-refractivity contribution is -0.120. The van der Waals surface area contributed by atoms with E-state index >= 15 is 0 Å². The maximum atomic E-state index is 13.2. The number of carbonyl (C=O) groups excluding carboxylic acids is 1. The molecule has 0 aromatic heterocycles. The van der Waals surface area contributed by atoms with Gasteiger partial charge in [0.1, 0.15) is 5.75 Å². The summed E-state index contributed by atoms with van der Waals surface area (Å²) in [6.45, 7) is 6.31. The van der Waals surface area contributed by atoms with Gasteiger partial charge in [0.15, 0.2) is 0 Å². The van der Waals surface area contributed by atoms with Crippen molar-refractivity contribution in [1.82, 2.24) is 4.31 Å². The second-order valence-corrected chi connectivity index (χ2v) is 9.50. The number of anilines is 1. The van der Waals surface area contributed by atoms with Crippen molar-refractivity contribution in [2.75, 3.05) is 25.5 Å². The van der Waals surface area contributed by atoms with Crippen molar-refractivity contribution in [3.05, 3.63) is 53.1 Å². The fourth-order valence-electron chi connectivity index (χ4n) is 4.01. The lowest BCUT2D eigenvalue weighted by Gasteiger charge is -2.31. The zero-order chi connectivity index (χ0) is 21.2. The SMILES string of the molecule is COc1cccc(NC(=O)C2CCN(S(=O)(=O)c3c(C)cc(C)cc3C)CC2)c1. The van der Waals surface area contributed by atoms with Crippen LogP contribution in [0.1, 0.15) is 29.5 Å². The van der Waals surface area contributed by atoms with E-state index in [2.05, 4.69) is 5.32 Å². The highest BCUT2D eigenvalue weighted by Gasteiger charge is 2.33. The number of rotatable bonds is 5. The van der Waals surface area contributed by atoms with Crippen LogP contribution in [0.15, 0.2) is 41.3 Å². The summed E-state index contributed by atoms with van der Waals surface area (Å²) in [7, 11) is -1.99. The lowest BCUT2D eigenvalue weighted by atomic mass is 9.97. The molecule has 1 amide bonds. The molecule has 3 rings (SSSR count). The summed E-state index contributed by atoms with van der Waals surface area (Å²) in [5.74, 6) is 0.374. The van der Waals surface area contributed by atoms with Gasteiger partial charge in [0.05, 0.1) is 12.0 Å². The first-order valence-electron chi connectivity index (χ1n) is 9.75. The molecular formula is C22H28N2O4S. The van der Waals surface area contributed by atoms with Crippen LogP contribution >= 0.6 is 0 Å². The molecule has 0 bridgehead atoms. The summed E-state index contributed by atoms with van der Waals surface area (Å²) in [6, 6.07) is 11.0. The van der Waals surface area contributed by atoms with Gasteiger partial charge >= 0.3 is 0 Å². The Morgan fingerprint density at radius 2 is 1.69 bits per heavy atom. The Hall–Kier alpha value is -2.38. The Balaban J connectivity index is 1.67. The summed E-state index contributed by atoms with van der Waals surface area (Å²) >= 11 is 0. The second-order valence-electron chi connectivity index (χ2n) is 7.63. The van der Waals surface area contributed by atoms with E-state index in [1.807, 2.05) is 51.1 Å². The van der Waals surface area contributed by atoms with Crippen molar-refractivity contribution in [3.63, 3.8) is 0 Å². The van der Waals surface area contributed by atoms with Crippen LogP contribution in [-0.2, 0) is 14.8 Å². The summed E-state index contributed by atoms with van der Waals surface area (Å²) < 4.78 is 33.1. The molecule has 1 aliphatic heterocycles. The third-order valence-electron chi connectivity index (χ3n) is 5.36. The Morgan fingerprint density at radius 3 is 2.28 bits per heavy atom. The predicted octanol–water partition coefficient (Wildman–Crippen LogP) is 3.66. The monoisotopic (exact) mass is 416 g/mol. The van der Waals surface area contributed by atoms with Gasteiger partial charge in [-0.1, -0.05) is 23.8 Å². The second kappa shape index (κ2) is 8.55. The molecule has 29 heavy (non-hydrogen) atoms. The molecular weight excluding hydrogens is 388 g/mol. The number of nitrogens with zero attached hydrogens (tertiary/aromatic N) is 1. The Morgan fingerprint density at radius 1 is 1.07 bits per heavy atom. The van der Waals surface area contributed by atoms with Crippen molar-refractivity contribution in [1.29, 1.82) is 0 Å². The van der Waals surface area contributed by atoms with E-state index < -0.39 is 10.0 Å². The van der Waals surface area contributed by atoms with Crippen molar-refractivity contribution < 1.29 is 17.9 Å². The lowest BCUT2D eigenvalue weighted by Crippen LogP contribution is -2.41. The van der Waals surface area contributed by atoms with Gasteiger partial charge < -0.3 is 10.1 Å². The molecule has 0 saturated carbocycles. The van der Waals surface area contributed by atoms with Crippen molar-refractivity contribution in [2.45, 2.75) is 38.5 Å². The van der Waals surface area contributed by atoms with Crippen LogP contribution in [0.5, 0.6) is 5.75 Å². The average Bonchev–Trinajstić information content (AvgIpc) is 2.67. The van der Waals surface area contributed by atoms with Gasteiger partial charge in [-0.2, -0.15) is 4.31 Å². The quantitative estimate of drug-likeness (QED) is 0.807. The molecule has 2 aromatic carbocycles. The van der Waals surface area contributed by atoms with E-state index in [0.29, 0.717) is 42.3 Å². The number of sulfonamides is 1. The van der Waals surface area contributed by atoms with Gasteiger partial charge in [-0.05, 0) is 56.9 Å². The van der Waals surface area contributed by atoms with Crippen LogP contribution in [0.3, 0.4) is 0 Å². The highest BCUT2D eigenvalue weighted by atomic mass is 32.2. The number of nitrogens with one attached hydrogen (secondary N) is 1. The number of amides is 1. The number of ether oxygens (including phenoxy) is 1. The summed E-state index contributed by atoms with van der Waals surface area (Å²) in [5.41, 5.74) is 3.25. The van der Waals surface area contributed by atoms with E-state index in [4.69, 9.17) is 4.74 Å². The topological polar surface area (TPSA) is 75.7 Å². The average molecular weight is 417 g/mol. The molecule has 7 heteroatoms. The van der Waals surface area contributed by atoms with Crippen LogP contribution in [0.4, 0.5) is 5.69 Å². The van der Waals surface area contributed by atoms with Crippen LogP contribution in [0, 0.1) is 26.7 Å². The maximum absolute atomic E-state index is 13.2. The number of hydrogen-bond donors (Lipinski definition) is 1. The number of piperidine rings is 1. The first-order chi connectivity index (χ1) is 13.7. The highest BCUT2D eigenvalue weighted by molar-refractivity contribution is 7.89. The number of methoxy groups -OCH3 is 1. The first kappa shape index (κ1) is 21.3. The maximum Gasteiger partial charge on any atom is 0.243 e. The van der Waals surface area contributed by atoms with Crippen LogP contribution in [-0.4, -0.2) is 38.8 Å². The Labute approximate surface area is 172 Å². The Bertz CT molecular complexity index is 986. The molecule has 6 nitrogen and oxygen atoms in total. The third kappa shape index (κ3) is 4.62. The molecule has 0 atom stereocenters. The number of hydrogen-bond acceptors (Lipinski definition) is 4. The highest BCUT2D eigenvalue weighted by Crippen LogP contribution is 2.29. The van der Waals surface area contributed by atoms with Gasteiger partial charge in [-0.25, -0.2) is 8.42 Å². The summed E-state index contributed by atoms with van der Waals surface area (Å²) in [4.78, 5) is 13.0. The van der Waals surface area contributed by atoms with Gasteiger partial charge in [-0.3, -0.25) is 4.79 Å². The third-order valence-corrected chi connectivity index (χ3v) is 7.57. The molecule has 1 fully saturated rings. The molecule has 0 radical (unpaired) electrons. The zero-order valence-electron chi connectivity index (χ0n) is 17.4. The minimum absolute atomic E-state index is 0.0852. The number of aryl methyl sites for hydroxylation is 3. The summed E-state index contributed by atoms with van der Waals surface area (Å²) in [6.07, 6.45) is 0.998. The van der Waals surface area contributed by atoms with Crippen LogP contribution < -0.4 is 10.1 Å². The van der Waals surface area contributed by atoms with Gasteiger partial charge in [-0.15, -0.1) is 0 Å². The molecule has 1 aliphatic rings. The molecule has 0 unspecified atom stereocenters. The minimum atomic E-state index is -3.57. The molecule has 0 aliphatic carbocycles. The first-order valence-corrected chi connectivity index (χ1v) is 11.2. The van der Waals surface area contributed by atoms with E-state index in [1.165, 1.54) is 4.31 Å². The normalized spacial score (nSPS) is 15.9. The smallest absolute Gasteiger partial charge is 0.243 e. The van der Waals surface area contributed by atoms with Crippen molar-refractivity contribution in [2.24, 2.45) is 5.92 Å². The largest absolute Gasteiger partial charge is 0.497 e. The molecule has 1 saturated heterocycles. The number of benzene rings is 2. The van der Waals surface area contributed by atoms with E-state index in [-0.39, 0.29) is 11.8 Å². The van der Waals surface area contributed by atoms with Gasteiger partial charge in [0.25, 0.3) is 0 Å². The van der Waals surface area contributed by atoms with Gasteiger partial charge in [0.2, 0.25) is 15.9 Å². The summed E-state index contributed by atoms with van der Waals surface area (Å²) in [5, 5.41) is 2.91. The standard InChI is InChI=1S/C22H28N2O4S/c1-15-12-16(2)21(17(3)13-15)29(26,27)24-10-8-18(9-11-24)22(25)23-19-6-5-7-20(14-19)28-4/h5-7,12-14,18H,8-11H2,1-4H3,(H,23,25). The minimum Gasteiger partial charge on any atom is -0.497 e. The number of carbonyl (C=O) groups is 1. The van der Waals surface area contributed by atoms with Crippen LogP contribution in [0.25, 0.3) is 0 Å². The molecule has 156 valence electrons. The zero-order valence-corrected chi connectivity index (χ0v) is 18.2. The Kier molecular flexibility index (Phi) is 6.29. The van der Waals surface area contributed by atoms with Crippen molar-refractivity contribution in [3.8, 4) is 5.75 Å². The fourth-order valence-corrected chi connectivity index (χ4v) is 5.89. The molecule has 0 spiro atoms. The van der Waals surface area contributed by atoms with Gasteiger partial charge in [0, 0.05) is 30.8 Å². The predicted molar refractivity (Wildman–Crippen MR) is 114 cm³/mol. The molecule has 1 N–H and O–H groups in total. The molecule has 1 heterocycles. The van der Waals surface area contributed by atoms with E-state index in [9.17, 15) is 13.2 Å².